The van der Waals surface area contributed by atoms with Gasteiger partial charge in [0.05, 0.1) is 0 Å². The van der Waals surface area contributed by atoms with E-state index in [2.05, 4.69) is 18.5 Å². The molecule has 1 aromatic heterocycles. The van der Waals surface area contributed by atoms with E-state index in [0.717, 1.165) is 5.69 Å². The van der Waals surface area contributed by atoms with E-state index in [-0.39, 0.29) is 0 Å². The highest BCUT2D eigenvalue weighted by Crippen LogP contribution is 2.05. The maximum absolute atomic E-state index is 3.59. The van der Waals surface area contributed by atoms with Crippen LogP contribution >= 0.6 is 0 Å². The summed E-state index contributed by atoms with van der Waals surface area (Å²) in [5.41, 5.74) is 2.41. The van der Waals surface area contributed by atoms with Gasteiger partial charge in [0, 0.05) is 11.9 Å². The van der Waals surface area contributed by atoms with E-state index in [0.29, 0.717) is 0 Å². The number of allylic oxidation sites excluding steroid dienone is 2. The van der Waals surface area contributed by atoms with Crippen LogP contribution < -0.4 is 0 Å². The van der Waals surface area contributed by atoms with Crippen molar-refractivity contribution in [2.24, 2.45) is 0 Å². The monoisotopic (exact) mass is 133 g/mol. The molecule has 1 heteroatoms. The fourth-order valence-electron chi connectivity index (χ4n) is 0.804. The lowest BCUT2D eigenvalue weighted by Gasteiger charge is -1.86. The van der Waals surface area contributed by atoms with Crippen molar-refractivity contribution in [3.63, 3.8) is 0 Å². The molecule has 1 N–H and O–H groups in total. The van der Waals surface area contributed by atoms with Gasteiger partial charge in [-0.15, -0.1) is 0 Å². The van der Waals surface area contributed by atoms with Gasteiger partial charge in [-0.25, -0.2) is 0 Å². The standard InChI is InChI=1S/C9H11N/c1-3-4-5-9-8(2)6-7-10-9/h3-7,10H,1H2,2H3. The molecule has 0 aromatic carbocycles. The van der Waals surface area contributed by atoms with Gasteiger partial charge in [-0.3, -0.25) is 0 Å². The Morgan fingerprint density at radius 1 is 1.60 bits per heavy atom. The molecule has 0 bridgehead atoms. The molecule has 0 aliphatic heterocycles. The normalized spacial score (nSPS) is 10.5. The van der Waals surface area contributed by atoms with Crippen molar-refractivity contribution >= 4 is 6.08 Å². The van der Waals surface area contributed by atoms with Crippen LogP contribution in [0, 0.1) is 6.92 Å². The second kappa shape index (κ2) is 3.06. The van der Waals surface area contributed by atoms with Crippen LogP contribution in [-0.4, -0.2) is 4.98 Å². The van der Waals surface area contributed by atoms with Crippen LogP contribution in [0.1, 0.15) is 11.3 Å². The minimum atomic E-state index is 1.15. The molecule has 0 spiro atoms. The Bertz CT molecular complexity index is 243. The Balaban J connectivity index is 2.83. The molecule has 52 valence electrons. The summed E-state index contributed by atoms with van der Waals surface area (Å²) in [5.74, 6) is 0. The Hall–Kier alpha value is -1.24. The number of rotatable bonds is 2. The Labute approximate surface area is 61.1 Å². The van der Waals surface area contributed by atoms with Crippen LogP contribution in [-0.2, 0) is 0 Å². The molecule has 0 saturated heterocycles. The number of hydrogen-bond acceptors (Lipinski definition) is 0. The second-order valence-electron chi connectivity index (χ2n) is 2.17. The van der Waals surface area contributed by atoms with E-state index in [1.165, 1.54) is 5.56 Å². The zero-order chi connectivity index (χ0) is 7.40. The zero-order valence-electron chi connectivity index (χ0n) is 6.09. The largest absolute Gasteiger partial charge is 0.361 e. The highest BCUT2D eigenvalue weighted by Gasteiger charge is 1.89. The number of aromatic amines is 1. The van der Waals surface area contributed by atoms with Crippen molar-refractivity contribution in [3.8, 4) is 0 Å². The van der Waals surface area contributed by atoms with Gasteiger partial charge in [0.2, 0.25) is 0 Å². The first-order valence-corrected chi connectivity index (χ1v) is 3.27. The summed E-state index contributed by atoms with van der Waals surface area (Å²) in [4.78, 5) is 3.11. The van der Waals surface area contributed by atoms with E-state index in [9.17, 15) is 0 Å². The average Bonchev–Trinajstić information content (AvgIpc) is 2.31. The van der Waals surface area contributed by atoms with Crippen LogP contribution in [0.3, 0.4) is 0 Å². The first kappa shape index (κ1) is 6.87. The number of aromatic nitrogens is 1. The lowest BCUT2D eigenvalue weighted by Crippen LogP contribution is -1.72. The first-order valence-electron chi connectivity index (χ1n) is 3.27. The molecule has 1 aromatic rings. The summed E-state index contributed by atoms with van der Waals surface area (Å²) in [6, 6.07) is 2.04. The van der Waals surface area contributed by atoms with E-state index in [4.69, 9.17) is 0 Å². The fourth-order valence-corrected chi connectivity index (χ4v) is 0.804. The molecular formula is C9H11N. The number of H-pyrrole nitrogens is 1. The molecule has 1 heterocycles. The minimum Gasteiger partial charge on any atom is -0.361 e. The van der Waals surface area contributed by atoms with Gasteiger partial charge in [-0.05, 0) is 24.6 Å². The Morgan fingerprint density at radius 2 is 2.40 bits per heavy atom. The molecule has 10 heavy (non-hydrogen) atoms. The quantitative estimate of drug-likeness (QED) is 0.597. The molecule has 0 amide bonds. The lowest BCUT2D eigenvalue weighted by molar-refractivity contribution is 1.34. The maximum Gasteiger partial charge on any atom is 0.0409 e. The van der Waals surface area contributed by atoms with E-state index in [1.54, 1.807) is 6.08 Å². The lowest BCUT2D eigenvalue weighted by atomic mass is 10.2. The molecule has 0 aliphatic carbocycles. The van der Waals surface area contributed by atoms with Crippen LogP contribution in [0.15, 0.2) is 31.0 Å². The minimum absolute atomic E-state index is 1.15. The van der Waals surface area contributed by atoms with E-state index in [1.807, 2.05) is 24.4 Å². The Morgan fingerprint density at radius 3 is 2.90 bits per heavy atom. The number of nitrogens with one attached hydrogen (secondary N) is 1. The summed E-state index contributed by atoms with van der Waals surface area (Å²) in [5, 5.41) is 0. The molecular weight excluding hydrogens is 122 g/mol. The van der Waals surface area contributed by atoms with Crippen LogP contribution in [0.2, 0.25) is 0 Å². The van der Waals surface area contributed by atoms with Gasteiger partial charge in [0.1, 0.15) is 0 Å². The third-order valence-electron chi connectivity index (χ3n) is 1.40. The van der Waals surface area contributed by atoms with Crippen LogP contribution in [0.4, 0.5) is 0 Å². The van der Waals surface area contributed by atoms with Crippen molar-refractivity contribution in [1.29, 1.82) is 0 Å². The third-order valence-corrected chi connectivity index (χ3v) is 1.40. The zero-order valence-corrected chi connectivity index (χ0v) is 6.09. The third kappa shape index (κ3) is 1.38. The van der Waals surface area contributed by atoms with Gasteiger partial charge in [0.25, 0.3) is 0 Å². The maximum atomic E-state index is 3.59. The number of hydrogen-bond donors (Lipinski definition) is 1. The average molecular weight is 133 g/mol. The topological polar surface area (TPSA) is 15.8 Å². The van der Waals surface area contributed by atoms with Gasteiger partial charge in [-0.2, -0.15) is 0 Å². The molecule has 0 radical (unpaired) electrons. The summed E-state index contributed by atoms with van der Waals surface area (Å²) in [7, 11) is 0. The number of aryl methyl sites for hydroxylation is 1. The fraction of sp³-hybridized carbons (Fsp3) is 0.111. The summed E-state index contributed by atoms with van der Waals surface area (Å²) in [6.45, 7) is 5.66. The van der Waals surface area contributed by atoms with Crippen molar-refractivity contribution < 1.29 is 0 Å². The molecule has 1 nitrogen and oxygen atoms in total. The molecule has 0 unspecified atom stereocenters. The highest BCUT2D eigenvalue weighted by molar-refractivity contribution is 5.50. The molecule has 0 fully saturated rings. The predicted octanol–water partition coefficient (Wildman–Crippen LogP) is 2.52. The van der Waals surface area contributed by atoms with Gasteiger partial charge in [-0.1, -0.05) is 18.7 Å². The highest BCUT2D eigenvalue weighted by atomic mass is 14.7. The molecule has 0 atom stereocenters. The SMILES string of the molecule is C=CC=Cc1[nH]ccc1C. The van der Waals surface area contributed by atoms with Crippen LogP contribution in [0.5, 0.6) is 0 Å². The van der Waals surface area contributed by atoms with Crippen molar-refractivity contribution in [3.05, 3.63) is 42.3 Å². The molecule has 1 rings (SSSR count). The second-order valence-corrected chi connectivity index (χ2v) is 2.17. The Kier molecular flexibility index (Phi) is 2.11. The molecule has 0 aliphatic rings. The van der Waals surface area contributed by atoms with Crippen molar-refractivity contribution in [2.45, 2.75) is 6.92 Å². The molecule has 0 saturated carbocycles. The summed E-state index contributed by atoms with van der Waals surface area (Å²) >= 11 is 0. The van der Waals surface area contributed by atoms with Gasteiger partial charge in [0.15, 0.2) is 0 Å². The van der Waals surface area contributed by atoms with Crippen LogP contribution in [0.25, 0.3) is 6.08 Å². The summed E-state index contributed by atoms with van der Waals surface area (Å²) in [6.07, 6.45) is 7.61. The summed E-state index contributed by atoms with van der Waals surface area (Å²) < 4.78 is 0. The van der Waals surface area contributed by atoms with E-state index < -0.39 is 0 Å². The smallest absolute Gasteiger partial charge is 0.0409 e. The predicted molar refractivity (Wildman–Crippen MR) is 44.8 cm³/mol. The van der Waals surface area contributed by atoms with Crippen molar-refractivity contribution in [1.82, 2.24) is 4.98 Å². The van der Waals surface area contributed by atoms with Crippen molar-refractivity contribution in [2.75, 3.05) is 0 Å². The van der Waals surface area contributed by atoms with Gasteiger partial charge < -0.3 is 4.98 Å². The first-order chi connectivity index (χ1) is 4.84. The van der Waals surface area contributed by atoms with Gasteiger partial charge >= 0.3 is 0 Å². The van der Waals surface area contributed by atoms with E-state index >= 15 is 0 Å².